The van der Waals surface area contributed by atoms with Gasteiger partial charge in [-0.25, -0.2) is 22.5 Å². The minimum Gasteiger partial charge on any atom is -0.326 e. The monoisotopic (exact) mass is 376 g/mol. The summed E-state index contributed by atoms with van der Waals surface area (Å²) in [5.41, 5.74) is 1.77. The minimum atomic E-state index is -3.67. The van der Waals surface area contributed by atoms with Crippen LogP contribution in [0.3, 0.4) is 0 Å². The van der Waals surface area contributed by atoms with Crippen LogP contribution in [-0.2, 0) is 21.2 Å². The van der Waals surface area contributed by atoms with Crippen molar-refractivity contribution < 1.29 is 17.6 Å². The van der Waals surface area contributed by atoms with Gasteiger partial charge in [0.2, 0.25) is 15.9 Å². The Morgan fingerprint density at radius 3 is 2.58 bits per heavy atom. The van der Waals surface area contributed by atoms with Crippen molar-refractivity contribution in [1.82, 2.24) is 14.1 Å². The van der Waals surface area contributed by atoms with Crippen molar-refractivity contribution in [3.05, 3.63) is 60.3 Å². The molecule has 0 fully saturated rings. The van der Waals surface area contributed by atoms with E-state index in [1.807, 2.05) is 0 Å². The summed E-state index contributed by atoms with van der Waals surface area (Å²) in [6.45, 7) is 1.53. The number of hydrogen-bond acceptors (Lipinski definition) is 4. The van der Waals surface area contributed by atoms with Crippen molar-refractivity contribution in [3.8, 4) is 0 Å². The molecule has 1 amide bonds. The Bertz CT molecular complexity index is 1050. The normalized spacial score (nSPS) is 11.6. The molecule has 2 heterocycles. The lowest BCUT2D eigenvalue weighted by Gasteiger charge is -2.07. The van der Waals surface area contributed by atoms with E-state index in [-0.39, 0.29) is 23.2 Å². The van der Waals surface area contributed by atoms with Gasteiger partial charge < -0.3 is 9.72 Å². The first-order valence-electron chi connectivity index (χ1n) is 7.84. The van der Waals surface area contributed by atoms with Gasteiger partial charge >= 0.3 is 0 Å². The highest BCUT2D eigenvalue weighted by molar-refractivity contribution is 7.89. The van der Waals surface area contributed by atoms with Crippen molar-refractivity contribution in [2.45, 2.75) is 18.2 Å². The number of halogens is 1. The first-order valence-corrected chi connectivity index (χ1v) is 9.32. The van der Waals surface area contributed by atoms with E-state index in [4.69, 9.17) is 0 Å². The molecule has 3 rings (SSSR count). The number of aromatic nitrogens is 2. The fourth-order valence-electron chi connectivity index (χ4n) is 2.46. The molecular weight excluding hydrogens is 359 g/mol. The van der Waals surface area contributed by atoms with Gasteiger partial charge in [0.05, 0.1) is 10.6 Å². The molecule has 136 valence electrons. The molecule has 9 heteroatoms. The first kappa shape index (κ1) is 18.0. The fraction of sp³-hybridized carbons (Fsp3) is 0.176. The average Bonchev–Trinajstić information content (AvgIpc) is 2.96. The number of carbonyl (C=O) groups is 1. The topological polar surface area (TPSA) is 92.6 Å². The molecule has 26 heavy (non-hydrogen) atoms. The molecule has 3 aromatic rings. The molecule has 0 radical (unpaired) electrons. The number of amides is 1. The molecule has 0 aliphatic rings. The van der Waals surface area contributed by atoms with Crippen LogP contribution in [-0.4, -0.2) is 30.3 Å². The summed E-state index contributed by atoms with van der Waals surface area (Å²) in [5.74, 6) is -0.601. The van der Waals surface area contributed by atoms with Gasteiger partial charge in [-0.15, -0.1) is 0 Å². The van der Waals surface area contributed by atoms with Gasteiger partial charge in [0.1, 0.15) is 11.5 Å². The van der Waals surface area contributed by atoms with E-state index in [1.165, 1.54) is 43.5 Å². The second-order valence-corrected chi connectivity index (χ2v) is 7.47. The molecule has 0 saturated carbocycles. The lowest BCUT2D eigenvalue weighted by atomic mass is 10.3. The summed E-state index contributed by atoms with van der Waals surface area (Å²) in [6, 6.07) is 8.75. The highest BCUT2D eigenvalue weighted by Crippen LogP contribution is 2.14. The maximum absolute atomic E-state index is 13.2. The van der Waals surface area contributed by atoms with E-state index in [9.17, 15) is 17.6 Å². The Balaban J connectivity index is 1.63. The highest BCUT2D eigenvalue weighted by Gasteiger charge is 2.14. The maximum Gasteiger partial charge on any atom is 0.240 e. The van der Waals surface area contributed by atoms with Gasteiger partial charge in [0.15, 0.2) is 0 Å². The Morgan fingerprint density at radius 1 is 1.15 bits per heavy atom. The number of anilines is 1. The standard InChI is InChI=1S/C17H17FN4O3S/c1-12(23)20-14-3-5-16(6-4-14)26(24,25)19-9-8-15-11-22-10-13(18)2-7-17(22)21-15/h2-7,10-11,19H,8-9H2,1H3,(H,20,23). The summed E-state index contributed by atoms with van der Waals surface area (Å²) in [6.07, 6.45) is 3.34. The average molecular weight is 376 g/mol. The van der Waals surface area contributed by atoms with Crippen LogP contribution in [0.25, 0.3) is 5.65 Å². The zero-order valence-corrected chi connectivity index (χ0v) is 14.8. The minimum absolute atomic E-state index is 0.101. The van der Waals surface area contributed by atoms with Crippen molar-refractivity contribution in [2.75, 3.05) is 11.9 Å². The van der Waals surface area contributed by atoms with Gasteiger partial charge in [-0.2, -0.15) is 0 Å². The third kappa shape index (κ3) is 4.24. The van der Waals surface area contributed by atoms with Crippen molar-refractivity contribution >= 4 is 27.3 Å². The number of nitrogens with zero attached hydrogens (tertiary/aromatic N) is 2. The summed E-state index contributed by atoms with van der Waals surface area (Å²) in [5, 5.41) is 2.57. The number of carbonyl (C=O) groups excluding carboxylic acids is 1. The van der Waals surface area contributed by atoms with E-state index in [2.05, 4.69) is 15.0 Å². The Kier molecular flexibility index (Phi) is 5.01. The number of sulfonamides is 1. The van der Waals surface area contributed by atoms with E-state index in [0.717, 1.165) is 0 Å². The molecule has 0 aliphatic heterocycles. The molecule has 0 atom stereocenters. The predicted octanol–water partition coefficient (Wildman–Crippen LogP) is 1.95. The zero-order chi connectivity index (χ0) is 18.7. The Hall–Kier alpha value is -2.78. The van der Waals surface area contributed by atoms with Gasteiger partial charge in [-0.05, 0) is 36.4 Å². The molecule has 2 N–H and O–H groups in total. The van der Waals surface area contributed by atoms with Crippen LogP contribution in [0.2, 0.25) is 0 Å². The molecule has 0 bridgehead atoms. The molecule has 0 saturated heterocycles. The number of fused-ring (bicyclic) bond motifs is 1. The molecule has 7 nitrogen and oxygen atoms in total. The molecule has 0 unspecified atom stereocenters. The van der Waals surface area contributed by atoms with Crippen molar-refractivity contribution in [2.24, 2.45) is 0 Å². The van der Waals surface area contributed by atoms with Crippen molar-refractivity contribution in [1.29, 1.82) is 0 Å². The summed E-state index contributed by atoms with van der Waals surface area (Å²) in [4.78, 5) is 15.4. The lowest BCUT2D eigenvalue weighted by molar-refractivity contribution is -0.114. The number of nitrogens with one attached hydrogen (secondary N) is 2. The number of benzene rings is 1. The van der Waals surface area contributed by atoms with Crippen LogP contribution in [0.1, 0.15) is 12.6 Å². The molecule has 1 aromatic carbocycles. The van der Waals surface area contributed by atoms with Crippen LogP contribution >= 0.6 is 0 Å². The van der Waals surface area contributed by atoms with Crippen molar-refractivity contribution in [3.63, 3.8) is 0 Å². The third-order valence-electron chi connectivity index (χ3n) is 3.62. The second-order valence-electron chi connectivity index (χ2n) is 5.70. The first-order chi connectivity index (χ1) is 12.3. The van der Waals surface area contributed by atoms with E-state index in [0.29, 0.717) is 23.4 Å². The van der Waals surface area contributed by atoms with Gasteiger partial charge in [0, 0.05) is 38.0 Å². The number of hydrogen-bond donors (Lipinski definition) is 2. The van der Waals surface area contributed by atoms with Crippen LogP contribution < -0.4 is 10.0 Å². The molecule has 0 aliphatic carbocycles. The quantitative estimate of drug-likeness (QED) is 0.688. The molecule has 2 aromatic heterocycles. The fourth-order valence-corrected chi connectivity index (χ4v) is 3.49. The second kappa shape index (κ2) is 7.22. The number of pyridine rings is 1. The molecular formula is C17H17FN4O3S. The maximum atomic E-state index is 13.2. The third-order valence-corrected chi connectivity index (χ3v) is 5.10. The smallest absolute Gasteiger partial charge is 0.240 e. The number of imidazole rings is 1. The Morgan fingerprint density at radius 2 is 1.88 bits per heavy atom. The largest absolute Gasteiger partial charge is 0.326 e. The summed E-state index contributed by atoms with van der Waals surface area (Å²) >= 11 is 0. The lowest BCUT2D eigenvalue weighted by Crippen LogP contribution is -2.26. The Labute approximate surface area is 149 Å². The highest BCUT2D eigenvalue weighted by atomic mass is 32.2. The van der Waals surface area contributed by atoms with Crippen LogP contribution in [0.5, 0.6) is 0 Å². The molecule has 0 spiro atoms. The SMILES string of the molecule is CC(=O)Nc1ccc(S(=O)(=O)NCCc2cn3cc(F)ccc3n2)cc1. The van der Waals surface area contributed by atoms with Gasteiger partial charge in [0.25, 0.3) is 0 Å². The van der Waals surface area contributed by atoms with E-state index in [1.54, 1.807) is 16.7 Å². The summed E-state index contributed by atoms with van der Waals surface area (Å²) in [7, 11) is -3.67. The zero-order valence-electron chi connectivity index (χ0n) is 13.9. The van der Waals surface area contributed by atoms with Gasteiger partial charge in [-0.3, -0.25) is 4.79 Å². The van der Waals surface area contributed by atoms with Gasteiger partial charge in [-0.1, -0.05) is 0 Å². The summed E-state index contributed by atoms with van der Waals surface area (Å²) < 4.78 is 41.8. The van der Waals surface area contributed by atoms with Crippen LogP contribution in [0.15, 0.2) is 53.7 Å². The number of rotatable bonds is 6. The van der Waals surface area contributed by atoms with E-state index < -0.39 is 10.0 Å². The predicted molar refractivity (Wildman–Crippen MR) is 94.8 cm³/mol. The van der Waals surface area contributed by atoms with E-state index >= 15 is 0 Å². The van der Waals surface area contributed by atoms with Crippen LogP contribution in [0, 0.1) is 5.82 Å². The van der Waals surface area contributed by atoms with Crippen LogP contribution in [0.4, 0.5) is 10.1 Å².